The molecule has 0 aromatic heterocycles. The van der Waals surface area contributed by atoms with E-state index in [0.717, 1.165) is 0 Å². The summed E-state index contributed by atoms with van der Waals surface area (Å²) in [5.74, 6) is -2.75. The second-order valence-corrected chi connectivity index (χ2v) is 6.73. The smallest absolute Gasteiger partial charge is 0.481 e. The molecule has 6 N–H and O–H groups in total. The Bertz CT molecular complexity index is 653. The number of carboxylic acid groups (broad SMARTS) is 2. The van der Waals surface area contributed by atoms with Gasteiger partial charge in [0.05, 0.1) is 0 Å². The molecule has 0 saturated heterocycles. The van der Waals surface area contributed by atoms with Crippen LogP contribution in [-0.4, -0.2) is 79.6 Å². The molecule has 0 aromatic carbocycles. The third kappa shape index (κ3) is 14.0. The molecule has 0 aliphatic carbocycles. The van der Waals surface area contributed by atoms with Crippen LogP contribution in [0.15, 0.2) is 24.3 Å². The number of aliphatic carboxylic acids is 2. The van der Waals surface area contributed by atoms with Gasteiger partial charge in [0.1, 0.15) is 0 Å². The van der Waals surface area contributed by atoms with Crippen molar-refractivity contribution in [2.75, 3.05) is 13.1 Å². The molecule has 1 radical (unpaired) electrons. The molecule has 2 aliphatic heterocycles. The van der Waals surface area contributed by atoms with Crippen LogP contribution in [0.2, 0.25) is 0 Å². The third-order valence-electron chi connectivity index (χ3n) is 4.35. The van der Waals surface area contributed by atoms with Gasteiger partial charge in [-0.15, -0.1) is 0 Å². The molecule has 0 fully saturated rings. The predicted octanol–water partition coefficient (Wildman–Crippen LogP) is -0.539. The van der Waals surface area contributed by atoms with E-state index in [1.54, 1.807) is 0 Å². The molecular formula is C20H30CuN2O10+2. The van der Waals surface area contributed by atoms with Crippen molar-refractivity contribution in [3.63, 3.8) is 0 Å². The molecule has 2 aliphatic rings. The van der Waals surface area contributed by atoms with Crippen LogP contribution in [0.4, 0.5) is 0 Å². The van der Waals surface area contributed by atoms with Gasteiger partial charge in [0.2, 0.25) is 0 Å². The number of unbranched alkanes of at least 4 members (excludes halogenated alkanes) is 4. The van der Waals surface area contributed by atoms with Crippen LogP contribution in [0.1, 0.15) is 51.4 Å². The van der Waals surface area contributed by atoms with Gasteiger partial charge in [-0.2, -0.15) is 0 Å². The van der Waals surface area contributed by atoms with Gasteiger partial charge in [-0.1, -0.05) is 12.8 Å². The SMILES string of the molecule is O.O.O=C(O)CCCCCN1C(=O)C=CC1=O.O=C(O)CCCCCN1C(=O)C=CC1=O.[Cu+2]. The Hall–Kier alpha value is -2.86. The average molecular weight is 522 g/mol. The van der Waals surface area contributed by atoms with Crippen molar-refractivity contribution in [1.82, 2.24) is 9.80 Å². The first-order chi connectivity index (χ1) is 14.2. The number of imide groups is 2. The third-order valence-corrected chi connectivity index (χ3v) is 4.35. The number of amides is 4. The van der Waals surface area contributed by atoms with E-state index in [1.165, 1.54) is 34.1 Å². The summed E-state index contributed by atoms with van der Waals surface area (Å²) in [5.41, 5.74) is 0. The van der Waals surface area contributed by atoms with E-state index in [4.69, 9.17) is 10.2 Å². The van der Waals surface area contributed by atoms with Gasteiger partial charge in [-0.05, 0) is 25.7 Å². The van der Waals surface area contributed by atoms with Crippen LogP contribution in [0, 0.1) is 0 Å². The van der Waals surface area contributed by atoms with Crippen molar-refractivity contribution in [2.24, 2.45) is 0 Å². The Morgan fingerprint density at radius 1 is 0.576 bits per heavy atom. The van der Waals surface area contributed by atoms with Crippen LogP contribution in [0.25, 0.3) is 0 Å². The van der Waals surface area contributed by atoms with E-state index >= 15 is 0 Å². The van der Waals surface area contributed by atoms with Gasteiger partial charge in [-0.3, -0.25) is 38.6 Å². The van der Waals surface area contributed by atoms with Crippen molar-refractivity contribution in [3.8, 4) is 0 Å². The van der Waals surface area contributed by atoms with Crippen molar-refractivity contribution in [1.29, 1.82) is 0 Å². The summed E-state index contributed by atoms with van der Waals surface area (Å²) >= 11 is 0. The molecule has 0 spiro atoms. The second-order valence-electron chi connectivity index (χ2n) is 6.73. The largest absolute Gasteiger partial charge is 2.00 e. The van der Waals surface area contributed by atoms with E-state index in [2.05, 4.69) is 0 Å². The summed E-state index contributed by atoms with van der Waals surface area (Å²) in [6.07, 6.45) is 9.18. The normalized spacial score (nSPS) is 13.7. The zero-order chi connectivity index (χ0) is 22.5. The van der Waals surface area contributed by atoms with Crippen LogP contribution >= 0.6 is 0 Å². The fourth-order valence-electron chi connectivity index (χ4n) is 2.75. The Morgan fingerprint density at radius 2 is 0.848 bits per heavy atom. The van der Waals surface area contributed by atoms with Gasteiger partial charge < -0.3 is 21.2 Å². The summed E-state index contributed by atoms with van der Waals surface area (Å²) in [4.78, 5) is 67.0. The molecule has 0 atom stereocenters. The van der Waals surface area contributed by atoms with Gasteiger partial charge in [0, 0.05) is 50.2 Å². The number of nitrogens with zero attached hydrogens (tertiary/aromatic N) is 2. The summed E-state index contributed by atoms with van der Waals surface area (Å²) in [7, 11) is 0. The van der Waals surface area contributed by atoms with E-state index in [1.807, 2.05) is 0 Å². The zero-order valence-corrected chi connectivity index (χ0v) is 18.9. The Morgan fingerprint density at radius 3 is 1.09 bits per heavy atom. The first kappa shape index (κ1) is 34.7. The summed E-state index contributed by atoms with van der Waals surface area (Å²) in [6.45, 7) is 0.759. The van der Waals surface area contributed by atoms with Gasteiger partial charge in [-0.25, -0.2) is 0 Å². The second kappa shape index (κ2) is 18.7. The molecule has 189 valence electrons. The molecule has 0 bridgehead atoms. The Balaban J connectivity index is -0.000000500. The maximum Gasteiger partial charge on any atom is 2.00 e. The molecule has 13 heteroatoms. The standard InChI is InChI=1S/2C10H13NO4.Cu.2H2O/c2*12-8-5-6-9(13)11(8)7-3-1-2-4-10(14)15;;;/h2*5-6H,1-4,7H2,(H,14,15);;2*1H2/q;;+2;;. The van der Waals surface area contributed by atoms with Crippen LogP contribution in [-0.2, 0) is 45.8 Å². The minimum Gasteiger partial charge on any atom is -0.481 e. The minimum absolute atomic E-state index is 0. The Labute approximate surface area is 201 Å². The molecule has 2 rings (SSSR count). The van der Waals surface area contributed by atoms with E-state index in [0.29, 0.717) is 51.6 Å². The predicted molar refractivity (Wildman–Crippen MR) is 111 cm³/mol. The number of hydrogen-bond donors (Lipinski definition) is 2. The molecule has 0 aromatic rings. The first-order valence-corrected chi connectivity index (χ1v) is 9.73. The van der Waals surface area contributed by atoms with Crippen molar-refractivity contribution in [3.05, 3.63) is 24.3 Å². The number of hydrogen-bond acceptors (Lipinski definition) is 6. The van der Waals surface area contributed by atoms with Gasteiger partial charge >= 0.3 is 29.0 Å². The molecule has 0 unspecified atom stereocenters. The van der Waals surface area contributed by atoms with Crippen LogP contribution in [0.5, 0.6) is 0 Å². The maximum absolute atomic E-state index is 11.1. The van der Waals surface area contributed by atoms with Crippen molar-refractivity contribution in [2.45, 2.75) is 51.4 Å². The topological polar surface area (TPSA) is 212 Å². The number of rotatable bonds is 12. The maximum atomic E-state index is 11.1. The average Bonchev–Trinajstić information content (AvgIpc) is 3.17. The number of carboxylic acids is 2. The van der Waals surface area contributed by atoms with Crippen molar-refractivity contribution >= 4 is 35.6 Å². The van der Waals surface area contributed by atoms with E-state index in [-0.39, 0.29) is 64.5 Å². The zero-order valence-electron chi connectivity index (χ0n) is 17.9. The molecule has 4 amide bonds. The summed E-state index contributed by atoms with van der Waals surface area (Å²) < 4.78 is 0. The molecule has 12 nitrogen and oxygen atoms in total. The molecule has 33 heavy (non-hydrogen) atoms. The van der Waals surface area contributed by atoms with Crippen molar-refractivity contribution < 1.29 is 67.0 Å². The fourth-order valence-corrected chi connectivity index (χ4v) is 2.75. The number of carbonyl (C=O) groups excluding carboxylic acids is 4. The minimum atomic E-state index is -0.815. The fraction of sp³-hybridized carbons (Fsp3) is 0.500. The van der Waals surface area contributed by atoms with Crippen LogP contribution < -0.4 is 0 Å². The van der Waals surface area contributed by atoms with E-state index in [9.17, 15) is 28.8 Å². The molecular weight excluding hydrogens is 492 g/mol. The van der Waals surface area contributed by atoms with E-state index < -0.39 is 11.9 Å². The summed E-state index contributed by atoms with van der Waals surface area (Å²) in [6, 6.07) is 0. The molecule has 0 saturated carbocycles. The van der Waals surface area contributed by atoms with Gasteiger partial charge in [0.15, 0.2) is 0 Å². The summed E-state index contributed by atoms with van der Waals surface area (Å²) in [5, 5.41) is 16.8. The number of carbonyl (C=O) groups is 6. The van der Waals surface area contributed by atoms with Gasteiger partial charge in [0.25, 0.3) is 23.6 Å². The quantitative estimate of drug-likeness (QED) is 0.193. The molecule has 2 heterocycles. The monoisotopic (exact) mass is 521 g/mol. The first-order valence-electron chi connectivity index (χ1n) is 9.73. The van der Waals surface area contributed by atoms with Crippen LogP contribution in [0.3, 0.4) is 0 Å². The Kier molecular flexibility index (Phi) is 19.7.